The number of hydrogen-bond donors (Lipinski definition) is 1. The minimum atomic E-state index is 0.476. The molecule has 0 saturated carbocycles. The van der Waals surface area contributed by atoms with Crippen LogP contribution in [0.3, 0.4) is 0 Å². The maximum Gasteiger partial charge on any atom is 0.124 e. The lowest BCUT2D eigenvalue weighted by molar-refractivity contribution is 0.123. The van der Waals surface area contributed by atoms with Gasteiger partial charge in [0.15, 0.2) is 0 Å². The van der Waals surface area contributed by atoms with Gasteiger partial charge >= 0.3 is 0 Å². The Morgan fingerprint density at radius 1 is 1.28 bits per heavy atom. The highest BCUT2D eigenvalue weighted by Gasteiger charge is 2.31. The molecule has 2 aliphatic rings. The molecule has 3 rings (SSSR count). The number of ether oxygens (including phenoxy) is 1. The number of hydrogen-bond acceptors (Lipinski definition) is 3. The molecule has 98 valence electrons. The largest absolute Gasteiger partial charge is 0.491 e. The van der Waals surface area contributed by atoms with Crippen LogP contribution in [0.25, 0.3) is 0 Å². The van der Waals surface area contributed by atoms with Gasteiger partial charge in [-0.2, -0.15) is 0 Å². The van der Waals surface area contributed by atoms with Crippen LogP contribution in [0.2, 0.25) is 0 Å². The Morgan fingerprint density at radius 3 is 2.83 bits per heavy atom. The number of para-hydroxylation sites is 1. The van der Waals surface area contributed by atoms with Gasteiger partial charge in [-0.3, -0.25) is 4.90 Å². The van der Waals surface area contributed by atoms with Gasteiger partial charge in [-0.25, -0.2) is 0 Å². The van der Waals surface area contributed by atoms with Gasteiger partial charge < -0.3 is 10.1 Å². The van der Waals surface area contributed by atoms with Crippen LogP contribution < -0.4 is 10.1 Å². The molecule has 1 saturated heterocycles. The summed E-state index contributed by atoms with van der Waals surface area (Å²) in [5.74, 6) is 1.08. The average molecular weight is 246 g/mol. The second kappa shape index (κ2) is 5.29. The molecule has 3 heteroatoms. The van der Waals surface area contributed by atoms with Gasteiger partial charge in [-0.15, -0.1) is 0 Å². The third-order valence-electron chi connectivity index (χ3n) is 4.14. The summed E-state index contributed by atoms with van der Waals surface area (Å²) in [4.78, 5) is 2.58. The summed E-state index contributed by atoms with van der Waals surface area (Å²) < 4.78 is 5.78. The molecule has 1 N–H and O–H groups in total. The SMILES string of the molecule is CCNC1CCN(C2COc3ccccc32)CC1. The molecule has 18 heavy (non-hydrogen) atoms. The lowest BCUT2D eigenvalue weighted by Gasteiger charge is -2.35. The highest BCUT2D eigenvalue weighted by molar-refractivity contribution is 5.39. The second-order valence-corrected chi connectivity index (χ2v) is 5.23. The van der Waals surface area contributed by atoms with Crippen LogP contribution in [-0.4, -0.2) is 37.2 Å². The molecular formula is C15H22N2O. The molecule has 1 aromatic carbocycles. The molecule has 0 aromatic heterocycles. The molecule has 1 aromatic rings. The zero-order valence-electron chi connectivity index (χ0n) is 11.1. The number of nitrogens with zero attached hydrogens (tertiary/aromatic N) is 1. The summed E-state index contributed by atoms with van der Waals surface area (Å²) in [5.41, 5.74) is 1.37. The van der Waals surface area contributed by atoms with E-state index in [1.807, 2.05) is 0 Å². The molecule has 1 unspecified atom stereocenters. The van der Waals surface area contributed by atoms with Crippen molar-refractivity contribution in [2.45, 2.75) is 31.8 Å². The molecule has 3 nitrogen and oxygen atoms in total. The van der Waals surface area contributed by atoms with Gasteiger partial charge in [0.2, 0.25) is 0 Å². The molecule has 0 spiro atoms. The first-order valence-electron chi connectivity index (χ1n) is 7.07. The van der Waals surface area contributed by atoms with Crippen molar-refractivity contribution in [1.82, 2.24) is 10.2 Å². The van der Waals surface area contributed by atoms with Crippen molar-refractivity contribution < 1.29 is 4.74 Å². The normalized spacial score (nSPS) is 24.8. The monoisotopic (exact) mass is 246 g/mol. The van der Waals surface area contributed by atoms with Gasteiger partial charge in [0, 0.05) is 24.7 Å². The van der Waals surface area contributed by atoms with Crippen molar-refractivity contribution in [1.29, 1.82) is 0 Å². The summed E-state index contributed by atoms with van der Waals surface area (Å²) >= 11 is 0. The van der Waals surface area contributed by atoms with Gasteiger partial charge in [-0.1, -0.05) is 25.1 Å². The van der Waals surface area contributed by atoms with E-state index in [1.54, 1.807) is 0 Å². The zero-order valence-corrected chi connectivity index (χ0v) is 11.1. The predicted molar refractivity (Wildman–Crippen MR) is 72.9 cm³/mol. The van der Waals surface area contributed by atoms with Crippen LogP contribution in [0.1, 0.15) is 31.4 Å². The minimum Gasteiger partial charge on any atom is -0.491 e. The fourth-order valence-electron chi connectivity index (χ4n) is 3.15. The van der Waals surface area contributed by atoms with E-state index >= 15 is 0 Å². The van der Waals surface area contributed by atoms with Gasteiger partial charge in [0.1, 0.15) is 12.4 Å². The van der Waals surface area contributed by atoms with E-state index in [9.17, 15) is 0 Å². The molecule has 1 atom stereocenters. The Kier molecular flexibility index (Phi) is 3.52. The van der Waals surface area contributed by atoms with Crippen molar-refractivity contribution >= 4 is 0 Å². The van der Waals surface area contributed by atoms with Gasteiger partial charge in [0.05, 0.1) is 6.04 Å². The predicted octanol–water partition coefficient (Wildman–Crippen LogP) is 2.19. The van der Waals surface area contributed by atoms with Crippen molar-refractivity contribution in [2.75, 3.05) is 26.2 Å². The third-order valence-corrected chi connectivity index (χ3v) is 4.14. The Hall–Kier alpha value is -1.06. The standard InChI is InChI=1S/C15H22N2O/c1-2-16-12-7-9-17(10-8-12)14-11-18-15-6-4-3-5-13(14)15/h3-6,12,14,16H,2,7-11H2,1H3. The lowest BCUT2D eigenvalue weighted by Crippen LogP contribution is -2.44. The van der Waals surface area contributed by atoms with Crippen LogP contribution in [0, 0.1) is 0 Å². The Labute approximate surface area is 109 Å². The number of likely N-dealkylation sites (tertiary alicyclic amines) is 1. The van der Waals surface area contributed by atoms with Gasteiger partial charge in [-0.05, 0) is 25.5 Å². The quantitative estimate of drug-likeness (QED) is 0.885. The highest BCUT2D eigenvalue weighted by Crippen LogP contribution is 2.36. The van der Waals surface area contributed by atoms with E-state index in [2.05, 4.69) is 41.4 Å². The first kappa shape index (κ1) is 12.0. The van der Waals surface area contributed by atoms with Crippen molar-refractivity contribution in [3.05, 3.63) is 29.8 Å². The Balaban J connectivity index is 1.64. The van der Waals surface area contributed by atoms with E-state index in [4.69, 9.17) is 4.74 Å². The highest BCUT2D eigenvalue weighted by atomic mass is 16.5. The average Bonchev–Trinajstić information content (AvgIpc) is 2.84. The van der Waals surface area contributed by atoms with Crippen molar-refractivity contribution in [3.63, 3.8) is 0 Å². The summed E-state index contributed by atoms with van der Waals surface area (Å²) in [6, 6.07) is 9.65. The van der Waals surface area contributed by atoms with E-state index in [0.29, 0.717) is 12.1 Å². The van der Waals surface area contributed by atoms with Crippen LogP contribution in [0.5, 0.6) is 5.75 Å². The molecule has 0 bridgehead atoms. The minimum absolute atomic E-state index is 0.476. The van der Waals surface area contributed by atoms with E-state index in [1.165, 1.54) is 31.5 Å². The van der Waals surface area contributed by atoms with Crippen LogP contribution in [0.15, 0.2) is 24.3 Å². The van der Waals surface area contributed by atoms with Crippen LogP contribution in [0.4, 0.5) is 0 Å². The smallest absolute Gasteiger partial charge is 0.124 e. The number of fused-ring (bicyclic) bond motifs is 1. The van der Waals surface area contributed by atoms with Crippen LogP contribution >= 0.6 is 0 Å². The first-order valence-corrected chi connectivity index (χ1v) is 7.07. The number of rotatable bonds is 3. The molecule has 2 aliphatic heterocycles. The fraction of sp³-hybridized carbons (Fsp3) is 0.600. The summed E-state index contributed by atoms with van der Waals surface area (Å²) in [5, 5.41) is 3.56. The Morgan fingerprint density at radius 2 is 2.06 bits per heavy atom. The number of nitrogens with one attached hydrogen (secondary N) is 1. The zero-order chi connectivity index (χ0) is 12.4. The van der Waals surface area contributed by atoms with Gasteiger partial charge in [0.25, 0.3) is 0 Å². The van der Waals surface area contributed by atoms with Crippen LogP contribution in [-0.2, 0) is 0 Å². The maximum atomic E-state index is 5.78. The van der Waals surface area contributed by atoms with E-state index in [-0.39, 0.29) is 0 Å². The third kappa shape index (κ3) is 2.25. The topological polar surface area (TPSA) is 24.5 Å². The second-order valence-electron chi connectivity index (χ2n) is 5.23. The fourth-order valence-corrected chi connectivity index (χ4v) is 3.15. The van der Waals surface area contributed by atoms with E-state index < -0.39 is 0 Å². The molecule has 0 aliphatic carbocycles. The number of benzene rings is 1. The van der Waals surface area contributed by atoms with E-state index in [0.717, 1.165) is 18.9 Å². The molecular weight excluding hydrogens is 224 g/mol. The number of piperidine rings is 1. The lowest BCUT2D eigenvalue weighted by atomic mass is 10.0. The summed E-state index contributed by atoms with van der Waals surface area (Å²) in [6.45, 7) is 6.46. The van der Waals surface area contributed by atoms with Crippen molar-refractivity contribution in [2.24, 2.45) is 0 Å². The maximum absolute atomic E-state index is 5.78. The molecule has 2 heterocycles. The summed E-state index contributed by atoms with van der Waals surface area (Å²) in [6.07, 6.45) is 2.51. The summed E-state index contributed by atoms with van der Waals surface area (Å²) in [7, 11) is 0. The Bertz CT molecular complexity index is 399. The molecule has 1 fully saturated rings. The molecule has 0 amide bonds. The van der Waals surface area contributed by atoms with Crippen molar-refractivity contribution in [3.8, 4) is 5.75 Å². The first-order chi connectivity index (χ1) is 8.88. The molecule has 0 radical (unpaired) electrons.